The van der Waals surface area contributed by atoms with Gasteiger partial charge in [0, 0.05) is 18.1 Å². The van der Waals surface area contributed by atoms with Crippen LogP contribution in [-0.4, -0.2) is 43.7 Å². The second-order valence-electron chi connectivity index (χ2n) is 7.97. The second-order valence-corrected chi connectivity index (χ2v) is 7.97. The summed E-state index contributed by atoms with van der Waals surface area (Å²) in [6, 6.07) is 7.18. The standard InChI is InChI=1S/C20H30N2O/c1-22-10-9-20(22)12-15(13-20)14-21-17-6-4-7-18-16(11-17)5-3-8-19(18)23-2/h3,5,8,15,17,21H,4,6-7,9-14H2,1-2H3. The van der Waals surface area contributed by atoms with E-state index in [1.165, 1.54) is 56.3 Å². The number of rotatable bonds is 4. The van der Waals surface area contributed by atoms with Crippen molar-refractivity contribution in [1.82, 2.24) is 10.2 Å². The van der Waals surface area contributed by atoms with Crippen LogP contribution in [0.5, 0.6) is 5.75 Å². The van der Waals surface area contributed by atoms with Gasteiger partial charge in [0.1, 0.15) is 5.75 Å². The number of nitrogens with one attached hydrogen (secondary N) is 1. The van der Waals surface area contributed by atoms with Gasteiger partial charge >= 0.3 is 0 Å². The van der Waals surface area contributed by atoms with Crippen LogP contribution in [0.15, 0.2) is 18.2 Å². The van der Waals surface area contributed by atoms with Gasteiger partial charge in [-0.15, -0.1) is 0 Å². The van der Waals surface area contributed by atoms with E-state index in [0.29, 0.717) is 11.6 Å². The molecule has 2 fully saturated rings. The number of hydrogen-bond donors (Lipinski definition) is 1. The molecule has 1 aromatic rings. The van der Waals surface area contributed by atoms with E-state index in [1.54, 1.807) is 7.11 Å². The Kier molecular flexibility index (Phi) is 4.10. The highest BCUT2D eigenvalue weighted by Crippen LogP contribution is 2.49. The Balaban J connectivity index is 1.32. The summed E-state index contributed by atoms with van der Waals surface area (Å²) in [5.74, 6) is 1.97. The van der Waals surface area contributed by atoms with Gasteiger partial charge in [0.05, 0.1) is 7.11 Å². The molecule has 3 heteroatoms. The van der Waals surface area contributed by atoms with Crippen LogP contribution in [-0.2, 0) is 12.8 Å². The van der Waals surface area contributed by atoms with Gasteiger partial charge in [0.15, 0.2) is 0 Å². The average Bonchev–Trinajstić information content (AvgIpc) is 2.73. The van der Waals surface area contributed by atoms with E-state index in [2.05, 4.69) is 35.5 Å². The third kappa shape index (κ3) is 2.78. The lowest BCUT2D eigenvalue weighted by Gasteiger charge is -2.61. The maximum atomic E-state index is 5.55. The van der Waals surface area contributed by atoms with E-state index in [9.17, 15) is 0 Å². The number of methoxy groups -OCH3 is 1. The normalized spacial score (nSPS) is 33.5. The van der Waals surface area contributed by atoms with Crippen molar-refractivity contribution in [3.8, 4) is 5.75 Å². The fourth-order valence-corrected chi connectivity index (χ4v) is 5.00. The van der Waals surface area contributed by atoms with E-state index < -0.39 is 0 Å². The predicted molar refractivity (Wildman–Crippen MR) is 94.1 cm³/mol. The van der Waals surface area contributed by atoms with E-state index in [-0.39, 0.29) is 0 Å². The Hall–Kier alpha value is -1.06. The zero-order valence-electron chi connectivity index (χ0n) is 14.6. The predicted octanol–water partition coefficient (Wildman–Crippen LogP) is 3.02. The third-order valence-electron chi connectivity index (χ3n) is 6.65. The quantitative estimate of drug-likeness (QED) is 0.865. The molecule has 0 aromatic heterocycles. The number of benzene rings is 1. The molecule has 1 saturated carbocycles. The molecule has 4 rings (SSSR count). The fourth-order valence-electron chi connectivity index (χ4n) is 5.00. The lowest BCUT2D eigenvalue weighted by atomic mass is 9.61. The molecule has 3 aliphatic rings. The molecule has 23 heavy (non-hydrogen) atoms. The highest BCUT2D eigenvalue weighted by molar-refractivity contribution is 5.41. The maximum Gasteiger partial charge on any atom is 0.122 e. The Morgan fingerprint density at radius 2 is 2.22 bits per heavy atom. The Morgan fingerprint density at radius 1 is 1.35 bits per heavy atom. The van der Waals surface area contributed by atoms with Crippen LogP contribution < -0.4 is 10.1 Å². The molecule has 0 bridgehead atoms. The number of hydrogen-bond acceptors (Lipinski definition) is 3. The van der Waals surface area contributed by atoms with Crippen molar-refractivity contribution in [3.63, 3.8) is 0 Å². The molecule has 3 nitrogen and oxygen atoms in total. The first-order valence-corrected chi connectivity index (χ1v) is 9.29. The topological polar surface area (TPSA) is 24.5 Å². The molecule has 1 aliphatic heterocycles. The summed E-state index contributed by atoms with van der Waals surface area (Å²) in [5, 5.41) is 3.88. The molecule has 1 saturated heterocycles. The van der Waals surface area contributed by atoms with Crippen molar-refractivity contribution in [2.75, 3.05) is 27.2 Å². The summed E-state index contributed by atoms with van der Waals surface area (Å²) < 4.78 is 5.55. The molecule has 1 atom stereocenters. The fraction of sp³-hybridized carbons (Fsp3) is 0.700. The summed E-state index contributed by atoms with van der Waals surface area (Å²) in [6.45, 7) is 2.51. The number of fused-ring (bicyclic) bond motifs is 1. The molecule has 0 amide bonds. The van der Waals surface area contributed by atoms with Gasteiger partial charge in [-0.05, 0) is 81.6 Å². The Bertz CT molecular complexity index is 565. The Morgan fingerprint density at radius 3 is 2.91 bits per heavy atom. The maximum absolute atomic E-state index is 5.55. The molecule has 126 valence electrons. The minimum atomic E-state index is 0.607. The molecular formula is C20H30N2O. The Labute approximate surface area is 140 Å². The molecule has 1 aromatic carbocycles. The van der Waals surface area contributed by atoms with Crippen LogP contribution in [0.25, 0.3) is 0 Å². The summed E-state index contributed by atoms with van der Waals surface area (Å²) in [7, 11) is 4.09. The molecule has 1 spiro atoms. The van der Waals surface area contributed by atoms with Crippen LogP contribution in [0, 0.1) is 5.92 Å². The number of ether oxygens (including phenoxy) is 1. The van der Waals surface area contributed by atoms with Crippen LogP contribution in [0.3, 0.4) is 0 Å². The highest BCUT2D eigenvalue weighted by Gasteiger charge is 2.51. The van der Waals surface area contributed by atoms with E-state index >= 15 is 0 Å². The van der Waals surface area contributed by atoms with Gasteiger partial charge in [0.2, 0.25) is 0 Å². The number of nitrogens with zero attached hydrogens (tertiary/aromatic N) is 1. The minimum absolute atomic E-state index is 0.607. The first-order chi connectivity index (χ1) is 11.2. The van der Waals surface area contributed by atoms with Crippen LogP contribution in [0.4, 0.5) is 0 Å². The lowest BCUT2D eigenvalue weighted by Crippen LogP contribution is -2.66. The van der Waals surface area contributed by atoms with Crippen LogP contribution in [0.1, 0.15) is 43.2 Å². The molecule has 1 unspecified atom stereocenters. The first-order valence-electron chi connectivity index (χ1n) is 9.29. The average molecular weight is 314 g/mol. The van der Waals surface area contributed by atoms with Crippen LogP contribution >= 0.6 is 0 Å². The molecule has 2 aliphatic carbocycles. The van der Waals surface area contributed by atoms with Gasteiger partial charge in [-0.25, -0.2) is 0 Å². The van der Waals surface area contributed by atoms with Crippen molar-refractivity contribution >= 4 is 0 Å². The second kappa shape index (κ2) is 6.10. The smallest absolute Gasteiger partial charge is 0.122 e. The zero-order chi connectivity index (χ0) is 15.9. The van der Waals surface area contributed by atoms with Crippen molar-refractivity contribution in [2.45, 2.75) is 56.5 Å². The minimum Gasteiger partial charge on any atom is -0.496 e. The largest absolute Gasteiger partial charge is 0.496 e. The van der Waals surface area contributed by atoms with E-state index in [1.807, 2.05) is 0 Å². The van der Waals surface area contributed by atoms with Gasteiger partial charge in [-0.3, -0.25) is 0 Å². The van der Waals surface area contributed by atoms with Gasteiger partial charge in [0.25, 0.3) is 0 Å². The monoisotopic (exact) mass is 314 g/mol. The SMILES string of the molecule is COc1cccc2c1CCCC(NCC1CC3(CCN3C)C1)C2. The van der Waals surface area contributed by atoms with Gasteiger partial charge in [-0.2, -0.15) is 0 Å². The summed E-state index contributed by atoms with van der Waals surface area (Å²) >= 11 is 0. The van der Waals surface area contributed by atoms with Crippen molar-refractivity contribution < 1.29 is 4.74 Å². The van der Waals surface area contributed by atoms with Crippen molar-refractivity contribution in [3.05, 3.63) is 29.3 Å². The number of likely N-dealkylation sites (tertiary alicyclic amines) is 1. The summed E-state index contributed by atoms with van der Waals surface area (Å²) in [4.78, 5) is 2.57. The molecule has 1 N–H and O–H groups in total. The van der Waals surface area contributed by atoms with Crippen molar-refractivity contribution in [2.24, 2.45) is 5.92 Å². The van der Waals surface area contributed by atoms with E-state index in [4.69, 9.17) is 4.74 Å². The molecule has 0 radical (unpaired) electrons. The molecule has 1 heterocycles. The summed E-state index contributed by atoms with van der Waals surface area (Å²) in [5.41, 5.74) is 3.54. The van der Waals surface area contributed by atoms with Crippen molar-refractivity contribution in [1.29, 1.82) is 0 Å². The van der Waals surface area contributed by atoms with Gasteiger partial charge < -0.3 is 15.0 Å². The highest BCUT2D eigenvalue weighted by atomic mass is 16.5. The molecular weight excluding hydrogens is 284 g/mol. The summed E-state index contributed by atoms with van der Waals surface area (Å²) in [6.07, 6.45) is 9.12. The zero-order valence-corrected chi connectivity index (χ0v) is 14.6. The van der Waals surface area contributed by atoms with Crippen LogP contribution in [0.2, 0.25) is 0 Å². The van der Waals surface area contributed by atoms with Gasteiger partial charge in [-0.1, -0.05) is 12.1 Å². The first kappa shape index (κ1) is 15.5. The lowest BCUT2D eigenvalue weighted by molar-refractivity contribution is -0.0869. The van der Waals surface area contributed by atoms with E-state index in [0.717, 1.165) is 24.5 Å². The third-order valence-corrected chi connectivity index (χ3v) is 6.65.